The number of methoxy groups -OCH3 is 1. The van der Waals surface area contributed by atoms with E-state index in [1.807, 2.05) is 36.4 Å². The van der Waals surface area contributed by atoms with Gasteiger partial charge in [0.1, 0.15) is 11.3 Å². The van der Waals surface area contributed by atoms with Crippen molar-refractivity contribution in [3.8, 4) is 5.75 Å². The third-order valence-corrected chi connectivity index (χ3v) is 6.91. The summed E-state index contributed by atoms with van der Waals surface area (Å²) in [6.07, 6.45) is 2.09. The van der Waals surface area contributed by atoms with Gasteiger partial charge in [-0.3, -0.25) is 4.90 Å². The van der Waals surface area contributed by atoms with E-state index in [0.717, 1.165) is 56.9 Å². The number of ether oxygens (including phenoxy) is 1. The van der Waals surface area contributed by atoms with Crippen LogP contribution >= 0.6 is 0 Å². The van der Waals surface area contributed by atoms with Crippen LogP contribution in [0.15, 0.2) is 54.6 Å². The van der Waals surface area contributed by atoms with Gasteiger partial charge in [-0.1, -0.05) is 37.3 Å². The molecule has 1 saturated heterocycles. The Hall–Kier alpha value is -2.17. The van der Waals surface area contributed by atoms with Gasteiger partial charge in [0.25, 0.3) is 0 Å². The van der Waals surface area contributed by atoms with Crippen LogP contribution < -0.4 is 4.74 Å². The standard InChI is InChI=1S/C25H35N2O2/c1-5-26-18-12-17-25(20-26,22-15-11-16-23(19-22)29-4)27(6-2,7-3)24(28)21-13-9-8-10-14-21/h8-11,13-16,19H,5-7,12,17-18,20H2,1-4H3/q+1. The Labute approximate surface area is 175 Å². The van der Waals surface area contributed by atoms with Crippen molar-refractivity contribution in [3.63, 3.8) is 0 Å². The molecule has 0 bridgehead atoms. The Morgan fingerprint density at radius 3 is 2.41 bits per heavy atom. The predicted octanol–water partition coefficient (Wildman–Crippen LogP) is 4.70. The van der Waals surface area contributed by atoms with Crippen LogP contribution in [-0.4, -0.2) is 55.1 Å². The van der Waals surface area contributed by atoms with Crippen molar-refractivity contribution in [1.29, 1.82) is 0 Å². The van der Waals surface area contributed by atoms with Crippen molar-refractivity contribution in [2.75, 3.05) is 39.8 Å². The molecule has 2 aromatic rings. The fourth-order valence-corrected chi connectivity index (χ4v) is 5.28. The lowest BCUT2D eigenvalue weighted by Gasteiger charge is -2.54. The minimum absolute atomic E-state index is 0.219. The van der Waals surface area contributed by atoms with Gasteiger partial charge in [-0.25, -0.2) is 9.28 Å². The molecule has 29 heavy (non-hydrogen) atoms. The molecule has 0 aromatic heterocycles. The number of quaternary nitrogens is 1. The summed E-state index contributed by atoms with van der Waals surface area (Å²) in [7, 11) is 1.71. The van der Waals surface area contributed by atoms with Crippen molar-refractivity contribution >= 4 is 5.91 Å². The molecule has 0 aliphatic carbocycles. The maximum absolute atomic E-state index is 14.1. The highest BCUT2D eigenvalue weighted by atomic mass is 16.5. The summed E-state index contributed by atoms with van der Waals surface area (Å²) < 4.78 is 5.99. The fraction of sp³-hybridized carbons (Fsp3) is 0.480. The van der Waals surface area contributed by atoms with Crippen LogP contribution in [0.2, 0.25) is 0 Å². The monoisotopic (exact) mass is 395 g/mol. The highest BCUT2D eigenvalue weighted by Crippen LogP contribution is 2.45. The van der Waals surface area contributed by atoms with E-state index in [9.17, 15) is 4.79 Å². The number of benzene rings is 2. The van der Waals surface area contributed by atoms with Crippen molar-refractivity contribution < 1.29 is 14.0 Å². The first-order valence-corrected chi connectivity index (χ1v) is 10.9. The zero-order valence-corrected chi connectivity index (χ0v) is 18.4. The zero-order valence-electron chi connectivity index (χ0n) is 18.4. The van der Waals surface area contributed by atoms with Gasteiger partial charge < -0.3 is 4.74 Å². The molecule has 1 unspecified atom stereocenters. The van der Waals surface area contributed by atoms with Crippen LogP contribution in [0, 0.1) is 0 Å². The molecule has 1 amide bonds. The first-order chi connectivity index (χ1) is 14.1. The van der Waals surface area contributed by atoms with Crippen LogP contribution in [-0.2, 0) is 5.54 Å². The lowest BCUT2D eigenvalue weighted by atomic mass is 9.77. The van der Waals surface area contributed by atoms with Gasteiger partial charge in [0.05, 0.1) is 32.3 Å². The lowest BCUT2D eigenvalue weighted by molar-refractivity contribution is -0.908. The van der Waals surface area contributed by atoms with E-state index in [0.29, 0.717) is 4.48 Å². The van der Waals surface area contributed by atoms with Gasteiger partial charge >= 0.3 is 5.91 Å². The van der Waals surface area contributed by atoms with Gasteiger partial charge in [-0.15, -0.1) is 0 Å². The van der Waals surface area contributed by atoms with E-state index in [-0.39, 0.29) is 11.4 Å². The van der Waals surface area contributed by atoms with E-state index in [1.165, 1.54) is 5.56 Å². The largest absolute Gasteiger partial charge is 0.497 e. The van der Waals surface area contributed by atoms with Crippen LogP contribution in [0.4, 0.5) is 0 Å². The van der Waals surface area contributed by atoms with Crippen LogP contribution in [0.3, 0.4) is 0 Å². The van der Waals surface area contributed by atoms with Gasteiger partial charge in [0, 0.05) is 12.0 Å². The molecular formula is C25H35N2O2+. The summed E-state index contributed by atoms with van der Waals surface area (Å²) in [6, 6.07) is 18.2. The van der Waals surface area contributed by atoms with Crippen molar-refractivity contribution in [1.82, 2.24) is 4.90 Å². The SMILES string of the molecule is CCN1CCCC(c2cccc(OC)c2)([N+](CC)(CC)C(=O)c2ccccc2)C1. The van der Waals surface area contributed by atoms with Gasteiger partial charge in [0.15, 0.2) is 0 Å². The maximum atomic E-state index is 14.1. The predicted molar refractivity (Wildman–Crippen MR) is 118 cm³/mol. The third-order valence-electron chi connectivity index (χ3n) is 6.91. The average Bonchev–Trinajstić information content (AvgIpc) is 2.80. The normalized spacial score (nSPS) is 20.4. The van der Waals surface area contributed by atoms with Gasteiger partial charge in [0.2, 0.25) is 0 Å². The second-order valence-corrected chi connectivity index (χ2v) is 8.01. The van der Waals surface area contributed by atoms with E-state index in [4.69, 9.17) is 4.74 Å². The Morgan fingerprint density at radius 2 is 1.79 bits per heavy atom. The van der Waals surface area contributed by atoms with Crippen molar-refractivity contribution in [2.24, 2.45) is 0 Å². The van der Waals surface area contributed by atoms with Crippen LogP contribution in [0.25, 0.3) is 0 Å². The van der Waals surface area contributed by atoms with E-state index in [2.05, 4.69) is 43.9 Å². The van der Waals surface area contributed by atoms with Crippen molar-refractivity contribution in [3.05, 3.63) is 65.7 Å². The first-order valence-electron chi connectivity index (χ1n) is 10.9. The van der Waals surface area contributed by atoms with Gasteiger partial charge in [-0.05, 0) is 57.6 Å². The molecule has 2 aromatic carbocycles. The summed E-state index contributed by atoms with van der Waals surface area (Å²) in [4.78, 5) is 16.6. The molecule has 1 aliphatic heterocycles. The second kappa shape index (κ2) is 9.10. The maximum Gasteiger partial charge on any atom is 0.346 e. The molecule has 1 atom stereocenters. The number of rotatable bonds is 7. The summed E-state index contributed by atoms with van der Waals surface area (Å²) in [5.41, 5.74) is 1.72. The summed E-state index contributed by atoms with van der Waals surface area (Å²) in [6.45, 7) is 11.0. The second-order valence-electron chi connectivity index (χ2n) is 8.01. The van der Waals surface area contributed by atoms with E-state index >= 15 is 0 Å². The molecule has 0 spiro atoms. The number of likely N-dealkylation sites (tertiary alicyclic amines) is 1. The smallest absolute Gasteiger partial charge is 0.346 e. The van der Waals surface area contributed by atoms with Gasteiger partial charge in [-0.2, -0.15) is 0 Å². The molecular weight excluding hydrogens is 360 g/mol. The topological polar surface area (TPSA) is 29.5 Å². The summed E-state index contributed by atoms with van der Waals surface area (Å²) in [5, 5.41) is 0. The van der Waals surface area contributed by atoms with E-state index < -0.39 is 0 Å². The molecule has 4 nitrogen and oxygen atoms in total. The molecule has 0 N–H and O–H groups in total. The first kappa shape index (κ1) is 21.5. The van der Waals surface area contributed by atoms with Crippen molar-refractivity contribution in [2.45, 2.75) is 39.2 Å². The molecule has 156 valence electrons. The Morgan fingerprint density at radius 1 is 1.07 bits per heavy atom. The molecule has 1 heterocycles. The Kier molecular flexibility index (Phi) is 6.76. The number of likely N-dealkylation sites (N-methyl/N-ethyl adjacent to an activating group) is 2. The summed E-state index contributed by atoms with van der Waals surface area (Å²) in [5.74, 6) is 1.07. The molecule has 1 aliphatic rings. The Bertz CT molecular complexity index is 817. The fourth-order valence-electron chi connectivity index (χ4n) is 5.28. The highest BCUT2D eigenvalue weighted by molar-refractivity contribution is 5.89. The van der Waals surface area contributed by atoms with E-state index in [1.54, 1.807) is 7.11 Å². The number of hydrogen-bond donors (Lipinski definition) is 0. The molecule has 4 heteroatoms. The number of nitrogens with zero attached hydrogens (tertiary/aromatic N) is 2. The third kappa shape index (κ3) is 3.72. The number of carbonyl (C=O) groups excluding carboxylic acids is 1. The number of amides is 1. The molecule has 0 saturated carbocycles. The minimum atomic E-state index is -0.292. The molecule has 3 rings (SSSR count). The quantitative estimate of drug-likeness (QED) is 0.636. The number of hydrogen-bond acceptors (Lipinski definition) is 3. The number of carbonyl (C=O) groups is 1. The minimum Gasteiger partial charge on any atom is -0.497 e. The highest BCUT2D eigenvalue weighted by Gasteiger charge is 2.57. The number of piperidine rings is 1. The summed E-state index contributed by atoms with van der Waals surface area (Å²) >= 11 is 0. The van der Waals surface area contributed by atoms with Crippen LogP contribution in [0.1, 0.15) is 49.5 Å². The molecule has 1 fully saturated rings. The molecule has 0 radical (unpaired) electrons. The Balaban J connectivity index is 2.22. The van der Waals surface area contributed by atoms with Crippen LogP contribution in [0.5, 0.6) is 5.75 Å². The average molecular weight is 396 g/mol. The lowest BCUT2D eigenvalue weighted by Crippen LogP contribution is -2.70. The zero-order chi connectivity index (χ0) is 20.9.